The molecular weight excluding hydrogens is 330 g/mol. The zero-order valence-corrected chi connectivity index (χ0v) is 13.3. The predicted molar refractivity (Wildman–Crippen MR) is 81.8 cm³/mol. The molecule has 1 atom stereocenters. The molecule has 1 unspecified atom stereocenters. The van der Waals surface area contributed by atoms with Gasteiger partial charge in [0.25, 0.3) is 0 Å². The van der Waals surface area contributed by atoms with E-state index in [1.165, 1.54) is 25.4 Å². The summed E-state index contributed by atoms with van der Waals surface area (Å²) in [7, 11) is 0. The van der Waals surface area contributed by atoms with Gasteiger partial charge in [-0.3, -0.25) is 0 Å². The molecule has 0 aliphatic carbocycles. The maximum atomic E-state index is 12.2. The highest BCUT2D eigenvalue weighted by Crippen LogP contribution is 2.15. The Bertz CT molecular complexity index is 880. The first-order chi connectivity index (χ1) is 11.8. The number of carboxylic acids is 1. The fourth-order valence-electron chi connectivity index (χ4n) is 1.88. The number of carbonyl (C=O) groups excluding carboxylic acids is 2. The van der Waals surface area contributed by atoms with Crippen LogP contribution >= 0.6 is 0 Å². The van der Waals surface area contributed by atoms with E-state index in [-0.39, 0.29) is 11.1 Å². The Labute approximate surface area is 142 Å². The number of rotatable bonds is 5. The topological polar surface area (TPSA) is 132 Å². The maximum Gasteiger partial charge on any atom is 0.364 e. The van der Waals surface area contributed by atoms with Crippen molar-refractivity contribution in [3.63, 3.8) is 0 Å². The summed E-state index contributed by atoms with van der Waals surface area (Å²) in [4.78, 5) is 44.4. The summed E-state index contributed by atoms with van der Waals surface area (Å²) in [6.07, 6.45) is 1.81. The molecule has 1 N–H and O–H groups in total. The number of aromatic nitrogens is 2. The minimum atomic E-state index is -1.42. The molecule has 0 saturated heterocycles. The zero-order chi connectivity index (χ0) is 18.6. The first kappa shape index (κ1) is 17.7. The summed E-state index contributed by atoms with van der Waals surface area (Å²) in [5.74, 6) is -2.82. The highest BCUT2D eigenvalue weighted by atomic mass is 16.7. The number of hydrogen-bond acceptors (Lipinski definition) is 7. The molecule has 0 aliphatic rings. The molecule has 0 aliphatic heterocycles. The number of nitriles is 1. The summed E-state index contributed by atoms with van der Waals surface area (Å²) >= 11 is 0. The Morgan fingerprint density at radius 3 is 2.56 bits per heavy atom. The number of benzene rings is 1. The van der Waals surface area contributed by atoms with E-state index in [1.54, 1.807) is 13.0 Å². The molecule has 0 spiro atoms. The first-order valence-electron chi connectivity index (χ1n) is 7.04. The molecule has 9 heteroatoms. The first-order valence-corrected chi connectivity index (χ1v) is 7.04. The predicted octanol–water partition coefficient (Wildman–Crippen LogP) is 1.23. The molecule has 2 aromatic rings. The van der Waals surface area contributed by atoms with Gasteiger partial charge >= 0.3 is 17.9 Å². The molecule has 0 saturated carbocycles. The molecule has 0 bridgehead atoms. The average Bonchev–Trinajstić information content (AvgIpc) is 2.98. The van der Waals surface area contributed by atoms with E-state index in [1.807, 2.05) is 0 Å². The number of hydrogen-bond donors (Lipinski definition) is 1. The third-order valence-corrected chi connectivity index (χ3v) is 3.13. The molecule has 1 aromatic heterocycles. The van der Waals surface area contributed by atoms with Crippen LogP contribution in [0.15, 0.2) is 30.6 Å². The summed E-state index contributed by atoms with van der Waals surface area (Å²) in [6, 6.07) is 5.08. The number of carbonyl (C=O) groups is 3. The van der Waals surface area contributed by atoms with Gasteiger partial charge < -0.3 is 14.7 Å². The molecule has 0 amide bonds. The van der Waals surface area contributed by atoms with Crippen LogP contribution in [0.5, 0.6) is 0 Å². The van der Waals surface area contributed by atoms with Gasteiger partial charge in [-0.2, -0.15) is 9.99 Å². The highest BCUT2D eigenvalue weighted by Gasteiger charge is 2.22. The number of ether oxygens (including phenoxy) is 1. The Morgan fingerprint density at radius 2 is 2.00 bits per heavy atom. The Hall–Kier alpha value is -3.67. The number of aromatic carboxylic acids is 1. The summed E-state index contributed by atoms with van der Waals surface area (Å²) in [5, 5.41) is 17.9. The van der Waals surface area contributed by atoms with Crippen molar-refractivity contribution >= 4 is 17.9 Å². The minimum absolute atomic E-state index is 0.102. The number of carboxylic acid groups (broad SMARTS) is 1. The number of nitrogens with zero attached hydrogens (tertiary/aromatic N) is 3. The van der Waals surface area contributed by atoms with E-state index in [0.717, 1.165) is 16.9 Å². The molecule has 25 heavy (non-hydrogen) atoms. The zero-order valence-electron chi connectivity index (χ0n) is 13.3. The van der Waals surface area contributed by atoms with E-state index in [4.69, 9.17) is 14.8 Å². The van der Waals surface area contributed by atoms with Crippen LogP contribution in [-0.2, 0) is 4.74 Å². The Balaban J connectivity index is 2.32. The normalized spacial score (nSPS) is 11.2. The molecule has 1 aromatic carbocycles. The van der Waals surface area contributed by atoms with E-state index < -0.39 is 29.6 Å². The van der Waals surface area contributed by atoms with Crippen molar-refractivity contribution in [3.8, 4) is 6.07 Å². The van der Waals surface area contributed by atoms with Gasteiger partial charge in [0.05, 0.1) is 22.9 Å². The van der Waals surface area contributed by atoms with E-state index >= 15 is 0 Å². The van der Waals surface area contributed by atoms with E-state index in [0.29, 0.717) is 5.82 Å². The number of esters is 1. The van der Waals surface area contributed by atoms with Crippen LogP contribution in [0.2, 0.25) is 0 Å². The van der Waals surface area contributed by atoms with Crippen LogP contribution in [0, 0.1) is 18.3 Å². The van der Waals surface area contributed by atoms with Crippen molar-refractivity contribution in [3.05, 3.63) is 53.1 Å². The largest absolute Gasteiger partial charge is 0.478 e. The van der Waals surface area contributed by atoms with Crippen molar-refractivity contribution in [1.82, 2.24) is 9.71 Å². The fourth-order valence-corrected chi connectivity index (χ4v) is 1.88. The van der Waals surface area contributed by atoms with Gasteiger partial charge in [0.15, 0.2) is 6.10 Å². The van der Waals surface area contributed by atoms with Gasteiger partial charge in [0.1, 0.15) is 11.9 Å². The summed E-state index contributed by atoms with van der Waals surface area (Å²) in [6.45, 7) is 2.97. The summed E-state index contributed by atoms with van der Waals surface area (Å²) < 4.78 is 5.89. The molecule has 2 rings (SSSR count). The quantitative estimate of drug-likeness (QED) is 0.802. The van der Waals surface area contributed by atoms with Crippen LogP contribution in [0.3, 0.4) is 0 Å². The Morgan fingerprint density at radius 1 is 1.28 bits per heavy atom. The van der Waals surface area contributed by atoms with Crippen LogP contribution in [-0.4, -0.2) is 38.8 Å². The second-order valence-electron chi connectivity index (χ2n) is 4.92. The van der Waals surface area contributed by atoms with Crippen LogP contribution in [0.25, 0.3) is 0 Å². The van der Waals surface area contributed by atoms with E-state index in [2.05, 4.69) is 4.98 Å². The van der Waals surface area contributed by atoms with Crippen LogP contribution < -0.4 is 4.84 Å². The third kappa shape index (κ3) is 4.00. The maximum absolute atomic E-state index is 12.2. The van der Waals surface area contributed by atoms with Crippen molar-refractivity contribution in [1.29, 1.82) is 5.26 Å². The second kappa shape index (κ2) is 7.27. The Kier molecular flexibility index (Phi) is 5.14. The number of imidazole rings is 1. The van der Waals surface area contributed by atoms with Gasteiger partial charge in [0.2, 0.25) is 0 Å². The fraction of sp³-hybridized carbons (Fsp3) is 0.188. The lowest BCUT2D eigenvalue weighted by molar-refractivity contribution is 0.0424. The average molecular weight is 343 g/mol. The lowest BCUT2D eigenvalue weighted by atomic mass is 10.0. The number of aryl methyl sites for hydroxylation is 1. The van der Waals surface area contributed by atoms with Gasteiger partial charge in [-0.15, -0.1) is 0 Å². The van der Waals surface area contributed by atoms with Crippen molar-refractivity contribution in [2.45, 2.75) is 20.0 Å². The third-order valence-electron chi connectivity index (χ3n) is 3.13. The highest BCUT2D eigenvalue weighted by molar-refractivity contribution is 6.04. The summed E-state index contributed by atoms with van der Waals surface area (Å²) in [5.41, 5.74) is -0.776. The molecule has 128 valence electrons. The van der Waals surface area contributed by atoms with Crippen molar-refractivity contribution < 1.29 is 29.1 Å². The lowest BCUT2D eigenvalue weighted by Gasteiger charge is -2.10. The standard InChI is InChI=1S/C16H13N3O6/c1-9(8-17)24-15(22)11-3-4-12(13(7-11)14(20)21)16(23)25-19-6-5-18-10(19)2/h3-7,9H,1-2H3,(H,20,21). The molecular formula is C16H13N3O6. The smallest absolute Gasteiger partial charge is 0.364 e. The molecule has 1 heterocycles. The van der Waals surface area contributed by atoms with Crippen LogP contribution in [0.1, 0.15) is 43.8 Å². The lowest BCUT2D eigenvalue weighted by Crippen LogP contribution is -2.23. The SMILES string of the molecule is Cc1nccn1OC(=O)c1ccc(C(=O)OC(C)C#N)cc1C(=O)O. The van der Waals surface area contributed by atoms with Gasteiger partial charge in [0, 0.05) is 6.20 Å². The van der Waals surface area contributed by atoms with E-state index in [9.17, 15) is 19.5 Å². The second-order valence-corrected chi connectivity index (χ2v) is 4.92. The van der Waals surface area contributed by atoms with Crippen molar-refractivity contribution in [2.75, 3.05) is 0 Å². The van der Waals surface area contributed by atoms with Crippen molar-refractivity contribution in [2.24, 2.45) is 0 Å². The van der Waals surface area contributed by atoms with Gasteiger partial charge in [-0.05, 0) is 32.0 Å². The molecule has 9 nitrogen and oxygen atoms in total. The van der Waals surface area contributed by atoms with Crippen LogP contribution in [0.4, 0.5) is 0 Å². The minimum Gasteiger partial charge on any atom is -0.478 e. The molecule has 0 fully saturated rings. The van der Waals surface area contributed by atoms with Gasteiger partial charge in [-0.1, -0.05) is 0 Å². The van der Waals surface area contributed by atoms with Gasteiger partial charge in [-0.25, -0.2) is 19.4 Å². The monoisotopic (exact) mass is 343 g/mol. The molecule has 0 radical (unpaired) electrons.